The molecule has 0 amide bonds. The van der Waals surface area contributed by atoms with Crippen molar-refractivity contribution < 1.29 is 14.6 Å². The molecule has 0 bridgehead atoms. The Balaban J connectivity index is 0.00000218. The number of aryl methyl sites for hydroxylation is 1. The van der Waals surface area contributed by atoms with Crippen molar-refractivity contribution in [3.8, 4) is 16.2 Å². The molecule has 2 aromatic heterocycles. The van der Waals surface area contributed by atoms with Crippen molar-refractivity contribution in [2.24, 2.45) is 5.73 Å². The van der Waals surface area contributed by atoms with Crippen LogP contribution in [0.25, 0.3) is 21.3 Å². The minimum absolute atomic E-state index is 0. The maximum atomic E-state index is 12.8. The second kappa shape index (κ2) is 7.72. The lowest BCUT2D eigenvalue weighted by Gasteiger charge is -2.17. The van der Waals surface area contributed by atoms with E-state index >= 15 is 0 Å². The number of hydrogen-bond acceptors (Lipinski definition) is 5. The number of rotatable bonds is 4. The van der Waals surface area contributed by atoms with Crippen LogP contribution in [0, 0.1) is 0 Å². The fourth-order valence-corrected chi connectivity index (χ4v) is 5.53. The lowest BCUT2D eigenvalue weighted by molar-refractivity contribution is 0.0695. The van der Waals surface area contributed by atoms with Crippen molar-refractivity contribution in [1.29, 1.82) is 0 Å². The quantitative estimate of drug-likeness (QED) is 0.631. The predicted molar refractivity (Wildman–Crippen MR) is 121 cm³/mol. The summed E-state index contributed by atoms with van der Waals surface area (Å²) < 4.78 is 7.74. The van der Waals surface area contributed by atoms with Gasteiger partial charge in [0, 0.05) is 33.6 Å². The molecule has 1 atom stereocenters. The van der Waals surface area contributed by atoms with Gasteiger partial charge in [-0.05, 0) is 55.9 Å². The Kier molecular flexibility index (Phi) is 5.38. The summed E-state index contributed by atoms with van der Waals surface area (Å²) in [5.41, 5.74) is 8.39. The van der Waals surface area contributed by atoms with Gasteiger partial charge in [0.2, 0.25) is 5.43 Å². The normalized spacial score (nSPS) is 18.0. The highest BCUT2D eigenvalue weighted by Crippen LogP contribution is 2.45. The summed E-state index contributed by atoms with van der Waals surface area (Å²) in [4.78, 5) is 26.9. The maximum Gasteiger partial charge on any atom is 0.341 e. The van der Waals surface area contributed by atoms with Gasteiger partial charge in [-0.15, -0.1) is 23.7 Å². The highest BCUT2D eigenvalue weighted by Gasteiger charge is 2.29. The zero-order valence-electron chi connectivity index (χ0n) is 16.5. The summed E-state index contributed by atoms with van der Waals surface area (Å²) in [6.07, 6.45) is 6.30. The third kappa shape index (κ3) is 3.31. The lowest BCUT2D eigenvalue weighted by atomic mass is 9.94. The fourth-order valence-electron chi connectivity index (χ4n) is 4.30. The van der Waals surface area contributed by atoms with Gasteiger partial charge in [0.15, 0.2) is 5.75 Å². The first kappa shape index (κ1) is 20.9. The molecule has 1 unspecified atom stereocenters. The van der Waals surface area contributed by atoms with Gasteiger partial charge in [-0.2, -0.15) is 0 Å². The molecule has 1 fully saturated rings. The Labute approximate surface area is 183 Å². The number of hydrogen-bond donors (Lipinski definition) is 2. The number of nitrogens with two attached hydrogens (primary N) is 1. The van der Waals surface area contributed by atoms with Crippen LogP contribution in [0.5, 0.6) is 5.75 Å². The van der Waals surface area contributed by atoms with Crippen LogP contribution in [0.1, 0.15) is 46.1 Å². The third-order valence-corrected chi connectivity index (χ3v) is 7.18. The number of pyridine rings is 1. The van der Waals surface area contributed by atoms with Crippen LogP contribution in [0.3, 0.4) is 0 Å². The SMILES string of the molecule is COc1c(-c2cc3c(s2)CCC(N)C3)ccc2c(=O)c(C(=O)O)cn(C3CC3)c12.Cl. The van der Waals surface area contributed by atoms with Gasteiger partial charge >= 0.3 is 5.97 Å². The smallest absolute Gasteiger partial charge is 0.341 e. The number of thiophene rings is 1. The van der Waals surface area contributed by atoms with Crippen molar-refractivity contribution in [2.75, 3.05) is 7.11 Å². The zero-order chi connectivity index (χ0) is 20.3. The second-order valence-electron chi connectivity index (χ2n) is 7.92. The molecule has 8 heteroatoms. The van der Waals surface area contributed by atoms with E-state index in [1.54, 1.807) is 24.5 Å². The van der Waals surface area contributed by atoms with Gasteiger partial charge in [0.1, 0.15) is 5.56 Å². The maximum absolute atomic E-state index is 12.8. The van der Waals surface area contributed by atoms with Crippen molar-refractivity contribution in [3.63, 3.8) is 0 Å². The largest absolute Gasteiger partial charge is 0.494 e. The van der Waals surface area contributed by atoms with Gasteiger partial charge in [-0.25, -0.2) is 4.79 Å². The Morgan fingerprint density at radius 1 is 1.30 bits per heavy atom. The molecule has 2 aliphatic carbocycles. The first-order valence-corrected chi connectivity index (χ1v) is 10.7. The molecule has 30 heavy (non-hydrogen) atoms. The van der Waals surface area contributed by atoms with Crippen LogP contribution in [0.15, 0.2) is 29.2 Å². The molecule has 1 saturated carbocycles. The monoisotopic (exact) mass is 446 g/mol. The number of aromatic carboxylic acids is 1. The highest BCUT2D eigenvalue weighted by molar-refractivity contribution is 7.15. The van der Waals surface area contributed by atoms with E-state index in [-0.39, 0.29) is 30.1 Å². The van der Waals surface area contributed by atoms with E-state index in [1.165, 1.54) is 16.6 Å². The molecule has 1 aromatic carbocycles. The van der Waals surface area contributed by atoms with E-state index in [0.29, 0.717) is 16.7 Å². The van der Waals surface area contributed by atoms with Gasteiger partial charge in [-0.1, -0.05) is 0 Å². The number of aromatic nitrogens is 1. The van der Waals surface area contributed by atoms with Gasteiger partial charge < -0.3 is 20.1 Å². The number of carbonyl (C=O) groups is 1. The number of halogens is 1. The second-order valence-corrected chi connectivity index (χ2v) is 9.06. The van der Waals surface area contributed by atoms with Crippen molar-refractivity contribution in [2.45, 2.75) is 44.2 Å². The molecule has 5 rings (SSSR count). The molecule has 3 N–H and O–H groups in total. The van der Waals surface area contributed by atoms with E-state index < -0.39 is 11.4 Å². The topological polar surface area (TPSA) is 94.6 Å². The van der Waals surface area contributed by atoms with E-state index in [4.69, 9.17) is 10.5 Å². The average molecular weight is 447 g/mol. The van der Waals surface area contributed by atoms with Crippen LogP contribution in [-0.4, -0.2) is 28.8 Å². The molecule has 0 saturated heterocycles. The Morgan fingerprint density at radius 3 is 2.73 bits per heavy atom. The summed E-state index contributed by atoms with van der Waals surface area (Å²) in [5, 5.41) is 9.86. The number of nitrogens with zero attached hydrogens (tertiary/aromatic N) is 1. The molecule has 0 aliphatic heterocycles. The van der Waals surface area contributed by atoms with E-state index in [9.17, 15) is 14.7 Å². The molecule has 0 spiro atoms. The van der Waals surface area contributed by atoms with E-state index in [1.807, 2.05) is 10.6 Å². The van der Waals surface area contributed by atoms with Gasteiger partial charge in [0.25, 0.3) is 0 Å². The molecular weight excluding hydrogens is 424 g/mol. The molecule has 3 aromatic rings. The number of methoxy groups -OCH3 is 1. The summed E-state index contributed by atoms with van der Waals surface area (Å²) >= 11 is 1.75. The molecule has 0 radical (unpaired) electrons. The van der Waals surface area contributed by atoms with Crippen LogP contribution in [0.4, 0.5) is 0 Å². The highest BCUT2D eigenvalue weighted by atomic mass is 35.5. The van der Waals surface area contributed by atoms with Gasteiger partial charge in [0.05, 0.1) is 18.0 Å². The number of fused-ring (bicyclic) bond motifs is 2. The van der Waals surface area contributed by atoms with Crippen molar-refractivity contribution >= 4 is 40.6 Å². The number of ether oxygens (including phenoxy) is 1. The standard InChI is InChI=1S/C22H22N2O4S.ClH/c1-28-21-14(18-9-11-8-12(23)2-7-17(11)29-18)5-6-15-19(21)24(13-3-4-13)10-16(20(15)25)22(26)27;/h5-6,9-10,12-13H,2-4,7-8,23H2,1H3,(H,26,27);1H. The third-order valence-electron chi connectivity index (χ3n) is 5.91. The molecule has 6 nitrogen and oxygen atoms in total. The van der Waals surface area contributed by atoms with E-state index in [2.05, 4.69) is 6.07 Å². The summed E-state index contributed by atoms with van der Waals surface area (Å²) in [6, 6.07) is 6.22. The average Bonchev–Trinajstić information content (AvgIpc) is 3.46. The Morgan fingerprint density at radius 2 is 2.07 bits per heavy atom. The lowest BCUT2D eigenvalue weighted by Crippen LogP contribution is -2.26. The minimum Gasteiger partial charge on any atom is -0.494 e. The first-order chi connectivity index (χ1) is 14.0. The zero-order valence-corrected chi connectivity index (χ0v) is 18.1. The van der Waals surface area contributed by atoms with Gasteiger partial charge in [-0.3, -0.25) is 4.79 Å². The molecule has 2 heterocycles. The van der Waals surface area contributed by atoms with Crippen LogP contribution >= 0.6 is 23.7 Å². The van der Waals surface area contributed by atoms with E-state index in [0.717, 1.165) is 42.5 Å². The Hall–Kier alpha value is -2.35. The van der Waals surface area contributed by atoms with Crippen LogP contribution in [0.2, 0.25) is 0 Å². The number of benzene rings is 1. The first-order valence-electron chi connectivity index (χ1n) is 9.84. The molecular formula is C22H23ClN2O4S. The number of carboxylic acid groups (broad SMARTS) is 1. The molecule has 2 aliphatic rings. The summed E-state index contributed by atoms with van der Waals surface area (Å²) in [5.74, 6) is -0.567. The van der Waals surface area contributed by atoms with Crippen LogP contribution in [-0.2, 0) is 12.8 Å². The predicted octanol–water partition coefficient (Wildman–Crippen LogP) is 4.01. The van der Waals surface area contributed by atoms with Crippen LogP contribution < -0.4 is 15.9 Å². The Bertz CT molecular complexity index is 1210. The molecule has 158 valence electrons. The van der Waals surface area contributed by atoms with Crippen molar-refractivity contribution in [1.82, 2.24) is 4.57 Å². The van der Waals surface area contributed by atoms with Crippen molar-refractivity contribution in [3.05, 3.63) is 50.6 Å². The number of carboxylic acids is 1. The summed E-state index contributed by atoms with van der Waals surface area (Å²) in [7, 11) is 1.61. The minimum atomic E-state index is -1.20. The summed E-state index contributed by atoms with van der Waals surface area (Å²) in [6.45, 7) is 0. The fraction of sp³-hybridized carbons (Fsp3) is 0.364.